The minimum Gasteiger partial charge on any atom is -0.497 e. The number of nitrogens with one attached hydrogen (secondary N) is 1. The van der Waals surface area contributed by atoms with E-state index in [1.165, 1.54) is 25.9 Å². The summed E-state index contributed by atoms with van der Waals surface area (Å²) in [5.74, 6) is -0.406. The SMILES string of the molecule is COc1cccc(C(=O)N2CCN(S(=O)(=O)c3c(C)noc3C)C2C(=O)NC2CCC(N)CC2)c1. The first-order valence-electron chi connectivity index (χ1n) is 11.6. The number of rotatable bonds is 6. The molecule has 1 aromatic heterocycles. The fraction of sp³-hybridized carbons (Fsp3) is 0.522. The normalized spacial score (nSPS) is 23.3. The molecule has 1 aromatic carbocycles. The van der Waals surface area contributed by atoms with Gasteiger partial charge < -0.3 is 25.2 Å². The number of ether oxygens (including phenoxy) is 1. The maximum atomic E-state index is 13.7. The van der Waals surface area contributed by atoms with Crippen LogP contribution >= 0.6 is 0 Å². The summed E-state index contributed by atoms with van der Waals surface area (Å²) in [5, 5.41) is 6.72. The van der Waals surface area contributed by atoms with Gasteiger partial charge in [0.15, 0.2) is 11.9 Å². The molecule has 1 aliphatic heterocycles. The number of hydrogen-bond donors (Lipinski definition) is 2. The zero-order valence-corrected chi connectivity index (χ0v) is 20.9. The van der Waals surface area contributed by atoms with Crippen LogP contribution in [0.1, 0.15) is 47.5 Å². The van der Waals surface area contributed by atoms with E-state index in [4.69, 9.17) is 15.0 Å². The number of nitrogens with zero attached hydrogens (tertiary/aromatic N) is 3. The van der Waals surface area contributed by atoms with Crippen molar-refractivity contribution in [3.63, 3.8) is 0 Å². The summed E-state index contributed by atoms with van der Waals surface area (Å²) < 4.78 is 38.7. The van der Waals surface area contributed by atoms with Gasteiger partial charge in [0.1, 0.15) is 16.3 Å². The Labute approximate surface area is 204 Å². The smallest absolute Gasteiger partial charge is 0.259 e. The molecule has 0 bridgehead atoms. The maximum absolute atomic E-state index is 13.7. The van der Waals surface area contributed by atoms with E-state index in [2.05, 4.69) is 10.5 Å². The molecule has 2 fully saturated rings. The van der Waals surface area contributed by atoms with Crippen LogP contribution in [0, 0.1) is 13.8 Å². The van der Waals surface area contributed by atoms with Crippen LogP contribution < -0.4 is 15.8 Å². The molecule has 12 heteroatoms. The zero-order valence-electron chi connectivity index (χ0n) is 20.1. The molecule has 1 aliphatic carbocycles. The number of methoxy groups -OCH3 is 1. The molecule has 3 N–H and O–H groups in total. The van der Waals surface area contributed by atoms with Gasteiger partial charge in [0.05, 0.1) is 7.11 Å². The summed E-state index contributed by atoms with van der Waals surface area (Å²) in [6.45, 7) is 3.03. The van der Waals surface area contributed by atoms with Gasteiger partial charge in [-0.3, -0.25) is 9.59 Å². The number of benzene rings is 1. The molecule has 0 radical (unpaired) electrons. The maximum Gasteiger partial charge on any atom is 0.259 e. The first kappa shape index (κ1) is 25.1. The molecule has 0 spiro atoms. The van der Waals surface area contributed by atoms with Crippen LogP contribution in [0.4, 0.5) is 0 Å². The van der Waals surface area contributed by atoms with Crippen molar-refractivity contribution in [1.29, 1.82) is 0 Å². The number of sulfonamides is 1. The van der Waals surface area contributed by atoms with Gasteiger partial charge >= 0.3 is 0 Å². The van der Waals surface area contributed by atoms with Crippen molar-refractivity contribution in [1.82, 2.24) is 19.7 Å². The Bertz CT molecular complexity index is 1190. The number of carbonyl (C=O) groups excluding carboxylic acids is 2. The molecular formula is C23H31N5O6S. The lowest BCUT2D eigenvalue weighted by atomic mass is 9.92. The largest absolute Gasteiger partial charge is 0.497 e. The molecule has 35 heavy (non-hydrogen) atoms. The number of carbonyl (C=O) groups is 2. The standard InChI is InChI=1S/C23H31N5O6S/c1-14-20(15(2)34-26-14)35(31,32)28-12-11-27(23(30)16-5-4-6-19(13-16)33-3)22(28)21(29)25-18-9-7-17(24)8-10-18/h4-6,13,17-18,22H,7-12,24H2,1-3H3,(H,25,29). The molecule has 1 unspecified atom stereocenters. The minimum absolute atomic E-state index is 0.0459. The summed E-state index contributed by atoms with van der Waals surface area (Å²) in [6.07, 6.45) is 1.56. The van der Waals surface area contributed by atoms with Gasteiger partial charge in [-0.05, 0) is 57.7 Å². The lowest BCUT2D eigenvalue weighted by molar-refractivity contribution is -0.128. The quantitative estimate of drug-likeness (QED) is 0.594. The van der Waals surface area contributed by atoms with Crippen LogP contribution in [0.25, 0.3) is 0 Å². The van der Waals surface area contributed by atoms with Crippen molar-refractivity contribution in [3.05, 3.63) is 41.3 Å². The Balaban J connectivity index is 1.68. The van der Waals surface area contributed by atoms with Gasteiger partial charge in [-0.15, -0.1) is 0 Å². The fourth-order valence-corrected chi connectivity index (χ4v) is 6.60. The highest BCUT2D eigenvalue weighted by atomic mass is 32.2. The molecule has 2 aliphatic rings. The van der Waals surface area contributed by atoms with E-state index in [-0.39, 0.29) is 41.5 Å². The molecule has 1 atom stereocenters. The van der Waals surface area contributed by atoms with Crippen molar-refractivity contribution < 1.29 is 27.3 Å². The third-order valence-electron chi connectivity index (χ3n) is 6.59. The predicted molar refractivity (Wildman–Crippen MR) is 126 cm³/mol. The van der Waals surface area contributed by atoms with Crippen molar-refractivity contribution in [2.24, 2.45) is 5.73 Å². The fourth-order valence-electron chi connectivity index (χ4n) is 4.76. The summed E-state index contributed by atoms with van der Waals surface area (Å²) >= 11 is 0. The van der Waals surface area contributed by atoms with Crippen molar-refractivity contribution in [2.75, 3.05) is 20.2 Å². The first-order valence-corrected chi connectivity index (χ1v) is 13.0. The second kappa shape index (κ2) is 9.96. The Hall–Kier alpha value is -2.96. The van der Waals surface area contributed by atoms with Crippen molar-refractivity contribution in [3.8, 4) is 5.75 Å². The second-order valence-electron chi connectivity index (χ2n) is 8.99. The highest BCUT2D eigenvalue weighted by Crippen LogP contribution is 2.30. The number of hydrogen-bond acceptors (Lipinski definition) is 8. The average Bonchev–Trinajstić information content (AvgIpc) is 3.44. The van der Waals surface area contributed by atoms with Gasteiger partial charge in [0, 0.05) is 30.7 Å². The van der Waals surface area contributed by atoms with Crippen LogP contribution in [-0.4, -0.2) is 73.0 Å². The van der Waals surface area contributed by atoms with E-state index in [1.807, 2.05) is 0 Å². The van der Waals surface area contributed by atoms with Crippen LogP contribution in [-0.2, 0) is 14.8 Å². The highest BCUT2D eigenvalue weighted by Gasteiger charge is 2.48. The van der Waals surface area contributed by atoms with Gasteiger partial charge in [-0.2, -0.15) is 4.31 Å². The topological polar surface area (TPSA) is 148 Å². The number of nitrogens with two attached hydrogens (primary N) is 1. The summed E-state index contributed by atoms with van der Waals surface area (Å²) in [5.41, 5.74) is 6.47. The summed E-state index contributed by atoms with van der Waals surface area (Å²) in [6, 6.07) is 6.49. The predicted octanol–water partition coefficient (Wildman–Crippen LogP) is 1.16. The third-order valence-corrected chi connectivity index (χ3v) is 8.69. The van der Waals surface area contributed by atoms with E-state index >= 15 is 0 Å². The van der Waals surface area contributed by atoms with Crippen molar-refractivity contribution in [2.45, 2.75) is 62.7 Å². The Kier molecular flexibility index (Phi) is 7.15. The number of amides is 2. The van der Waals surface area contributed by atoms with E-state index < -0.39 is 28.0 Å². The van der Waals surface area contributed by atoms with Crippen LogP contribution in [0.15, 0.2) is 33.7 Å². The number of aryl methyl sites for hydroxylation is 2. The summed E-state index contributed by atoms with van der Waals surface area (Å²) in [4.78, 5) is 28.2. The molecule has 11 nitrogen and oxygen atoms in total. The van der Waals surface area contributed by atoms with Gasteiger partial charge in [0.2, 0.25) is 0 Å². The molecular weight excluding hydrogens is 474 g/mol. The molecule has 2 heterocycles. The molecule has 2 amide bonds. The monoisotopic (exact) mass is 505 g/mol. The minimum atomic E-state index is -4.18. The second-order valence-corrected chi connectivity index (χ2v) is 10.8. The summed E-state index contributed by atoms with van der Waals surface area (Å²) in [7, 11) is -2.69. The lowest BCUT2D eigenvalue weighted by Gasteiger charge is -2.32. The molecule has 2 aromatic rings. The van der Waals surface area contributed by atoms with Crippen LogP contribution in [0.3, 0.4) is 0 Å². The first-order chi connectivity index (χ1) is 16.6. The van der Waals surface area contributed by atoms with E-state index in [9.17, 15) is 18.0 Å². The number of aromatic nitrogens is 1. The average molecular weight is 506 g/mol. The molecule has 1 saturated carbocycles. The zero-order chi connectivity index (χ0) is 25.3. The molecule has 4 rings (SSSR count). The lowest BCUT2D eigenvalue weighted by Crippen LogP contribution is -2.56. The van der Waals surface area contributed by atoms with Crippen LogP contribution in [0.2, 0.25) is 0 Å². The molecule has 1 saturated heterocycles. The van der Waals surface area contributed by atoms with E-state index in [0.717, 1.165) is 17.1 Å². The van der Waals surface area contributed by atoms with E-state index in [0.29, 0.717) is 24.2 Å². The highest BCUT2D eigenvalue weighted by molar-refractivity contribution is 7.89. The van der Waals surface area contributed by atoms with Crippen LogP contribution in [0.5, 0.6) is 5.75 Å². The Morgan fingerprint density at radius 2 is 1.89 bits per heavy atom. The van der Waals surface area contributed by atoms with Gasteiger partial charge in [0.25, 0.3) is 21.8 Å². The third kappa shape index (κ3) is 4.91. The van der Waals surface area contributed by atoms with E-state index in [1.54, 1.807) is 24.3 Å². The Morgan fingerprint density at radius 3 is 2.51 bits per heavy atom. The van der Waals surface area contributed by atoms with Crippen molar-refractivity contribution >= 4 is 21.8 Å². The van der Waals surface area contributed by atoms with Gasteiger partial charge in [-0.1, -0.05) is 11.2 Å². The van der Waals surface area contributed by atoms with Gasteiger partial charge in [-0.25, -0.2) is 8.42 Å². The Morgan fingerprint density at radius 1 is 1.17 bits per heavy atom. The molecule has 190 valence electrons.